The second-order valence-corrected chi connectivity index (χ2v) is 4.77. The van der Waals surface area contributed by atoms with Crippen molar-refractivity contribution in [3.8, 4) is 0 Å². The highest BCUT2D eigenvalue weighted by molar-refractivity contribution is 4.79. The first-order chi connectivity index (χ1) is 6.84. The Hall–Kier alpha value is -0.120. The Labute approximate surface area is 86.3 Å². The molecule has 1 saturated carbocycles. The molecule has 3 heteroatoms. The summed E-state index contributed by atoms with van der Waals surface area (Å²) in [6, 6.07) is 0.666. The van der Waals surface area contributed by atoms with Gasteiger partial charge < -0.3 is 15.7 Å². The molecule has 1 aliphatic heterocycles. The van der Waals surface area contributed by atoms with Crippen molar-refractivity contribution in [2.75, 3.05) is 19.6 Å². The van der Waals surface area contributed by atoms with Crippen LogP contribution >= 0.6 is 0 Å². The van der Waals surface area contributed by atoms with E-state index in [0.717, 1.165) is 38.1 Å². The van der Waals surface area contributed by atoms with Gasteiger partial charge in [0.25, 0.3) is 0 Å². The summed E-state index contributed by atoms with van der Waals surface area (Å²) in [5, 5.41) is 16.4. The van der Waals surface area contributed by atoms with Crippen molar-refractivity contribution in [3.63, 3.8) is 0 Å². The van der Waals surface area contributed by atoms with E-state index in [1.54, 1.807) is 0 Å². The van der Waals surface area contributed by atoms with E-state index in [9.17, 15) is 5.11 Å². The van der Waals surface area contributed by atoms with Gasteiger partial charge in [0.2, 0.25) is 0 Å². The highest BCUT2D eigenvalue weighted by Crippen LogP contribution is 2.18. The first-order valence-electron chi connectivity index (χ1n) is 5.97. The van der Waals surface area contributed by atoms with Gasteiger partial charge in [-0.1, -0.05) is 0 Å². The molecule has 0 radical (unpaired) electrons. The maximum absolute atomic E-state index is 9.37. The van der Waals surface area contributed by atoms with E-state index in [1.807, 2.05) is 0 Å². The number of aliphatic hydroxyl groups excluding tert-OH is 1. The van der Waals surface area contributed by atoms with Gasteiger partial charge in [-0.05, 0) is 57.7 Å². The fourth-order valence-electron chi connectivity index (χ4n) is 2.50. The van der Waals surface area contributed by atoms with Gasteiger partial charge >= 0.3 is 0 Å². The molecule has 0 spiro atoms. The minimum Gasteiger partial charge on any atom is -0.393 e. The van der Waals surface area contributed by atoms with Crippen molar-refractivity contribution in [3.05, 3.63) is 0 Å². The highest BCUT2D eigenvalue weighted by Gasteiger charge is 2.20. The summed E-state index contributed by atoms with van der Waals surface area (Å²) in [7, 11) is 0. The maximum Gasteiger partial charge on any atom is 0.0541 e. The molecule has 1 heterocycles. The normalized spacial score (nSPS) is 38.8. The van der Waals surface area contributed by atoms with Crippen molar-refractivity contribution in [1.82, 2.24) is 10.6 Å². The summed E-state index contributed by atoms with van der Waals surface area (Å²) < 4.78 is 0. The largest absolute Gasteiger partial charge is 0.393 e. The van der Waals surface area contributed by atoms with Crippen molar-refractivity contribution < 1.29 is 5.11 Å². The molecule has 0 aromatic heterocycles. The molecule has 14 heavy (non-hydrogen) atoms. The molecule has 1 atom stereocenters. The molecule has 0 amide bonds. The van der Waals surface area contributed by atoms with Crippen molar-refractivity contribution >= 4 is 0 Å². The van der Waals surface area contributed by atoms with Gasteiger partial charge in [0, 0.05) is 6.04 Å². The molecule has 1 unspecified atom stereocenters. The third kappa shape index (κ3) is 2.94. The van der Waals surface area contributed by atoms with Crippen LogP contribution < -0.4 is 10.6 Å². The Morgan fingerprint density at radius 1 is 1.14 bits per heavy atom. The van der Waals surface area contributed by atoms with E-state index in [0.29, 0.717) is 6.04 Å². The molecule has 2 aliphatic rings. The van der Waals surface area contributed by atoms with Crippen LogP contribution in [0.15, 0.2) is 0 Å². The number of rotatable bonds is 3. The molecule has 1 aliphatic carbocycles. The molecule has 3 nitrogen and oxygen atoms in total. The molecule has 1 saturated heterocycles. The van der Waals surface area contributed by atoms with Crippen LogP contribution in [0, 0.1) is 5.92 Å². The van der Waals surface area contributed by atoms with Gasteiger partial charge in [-0.3, -0.25) is 0 Å². The van der Waals surface area contributed by atoms with E-state index in [-0.39, 0.29) is 6.10 Å². The molecule has 82 valence electrons. The van der Waals surface area contributed by atoms with E-state index < -0.39 is 0 Å². The third-order valence-corrected chi connectivity index (χ3v) is 3.55. The number of hydrogen-bond acceptors (Lipinski definition) is 3. The lowest BCUT2D eigenvalue weighted by molar-refractivity contribution is 0.116. The van der Waals surface area contributed by atoms with Crippen molar-refractivity contribution in [2.45, 2.75) is 44.2 Å². The first kappa shape index (κ1) is 10.4. The lowest BCUT2D eigenvalue weighted by Crippen LogP contribution is -2.37. The molecular formula is C11H22N2O. The van der Waals surface area contributed by atoms with Crippen molar-refractivity contribution in [2.24, 2.45) is 5.92 Å². The summed E-state index contributed by atoms with van der Waals surface area (Å²) in [6.07, 6.45) is 5.58. The smallest absolute Gasteiger partial charge is 0.0541 e. The minimum atomic E-state index is -0.0267. The van der Waals surface area contributed by atoms with Crippen LogP contribution in [-0.4, -0.2) is 36.9 Å². The van der Waals surface area contributed by atoms with Crippen LogP contribution in [0.3, 0.4) is 0 Å². The average molecular weight is 198 g/mol. The SMILES string of the molecule is OC1CCC(NCC2CCNC2)CC1. The Morgan fingerprint density at radius 3 is 2.57 bits per heavy atom. The zero-order chi connectivity index (χ0) is 9.80. The average Bonchev–Trinajstić information content (AvgIpc) is 2.70. The van der Waals surface area contributed by atoms with Crippen LogP contribution in [0.4, 0.5) is 0 Å². The zero-order valence-corrected chi connectivity index (χ0v) is 8.84. The number of aliphatic hydroxyl groups is 1. The molecule has 0 bridgehead atoms. The second kappa shape index (κ2) is 5.10. The van der Waals surface area contributed by atoms with Gasteiger partial charge in [-0.25, -0.2) is 0 Å². The third-order valence-electron chi connectivity index (χ3n) is 3.55. The van der Waals surface area contributed by atoms with Gasteiger partial charge in [0.15, 0.2) is 0 Å². The lowest BCUT2D eigenvalue weighted by atomic mass is 9.93. The van der Waals surface area contributed by atoms with Gasteiger partial charge in [0.05, 0.1) is 6.10 Å². The minimum absolute atomic E-state index is 0.0267. The fraction of sp³-hybridized carbons (Fsp3) is 1.00. The van der Waals surface area contributed by atoms with E-state index in [1.165, 1.54) is 19.5 Å². The standard InChI is InChI=1S/C11H22N2O/c14-11-3-1-10(2-4-11)13-8-9-5-6-12-7-9/h9-14H,1-8H2. The van der Waals surface area contributed by atoms with Crippen molar-refractivity contribution in [1.29, 1.82) is 0 Å². The van der Waals surface area contributed by atoms with E-state index in [2.05, 4.69) is 10.6 Å². The summed E-state index contributed by atoms with van der Waals surface area (Å²) in [4.78, 5) is 0. The van der Waals surface area contributed by atoms with Crippen LogP contribution in [0.25, 0.3) is 0 Å². The maximum atomic E-state index is 9.37. The first-order valence-corrected chi connectivity index (χ1v) is 5.97. The van der Waals surface area contributed by atoms with Gasteiger partial charge in [-0.2, -0.15) is 0 Å². The van der Waals surface area contributed by atoms with Crippen LogP contribution in [0.2, 0.25) is 0 Å². The lowest BCUT2D eigenvalue weighted by Gasteiger charge is -2.27. The Morgan fingerprint density at radius 2 is 1.93 bits per heavy atom. The van der Waals surface area contributed by atoms with Crippen LogP contribution in [0.5, 0.6) is 0 Å². The zero-order valence-electron chi connectivity index (χ0n) is 8.84. The van der Waals surface area contributed by atoms with Crippen LogP contribution in [-0.2, 0) is 0 Å². The fourth-order valence-corrected chi connectivity index (χ4v) is 2.50. The van der Waals surface area contributed by atoms with E-state index in [4.69, 9.17) is 0 Å². The molecule has 2 fully saturated rings. The number of nitrogens with one attached hydrogen (secondary N) is 2. The quantitative estimate of drug-likeness (QED) is 0.618. The highest BCUT2D eigenvalue weighted by atomic mass is 16.3. The topological polar surface area (TPSA) is 44.3 Å². The predicted octanol–water partition coefficient (Wildman–Crippen LogP) is 0.489. The Bertz CT molecular complexity index is 161. The predicted molar refractivity (Wildman–Crippen MR) is 57.2 cm³/mol. The van der Waals surface area contributed by atoms with Gasteiger partial charge in [0.1, 0.15) is 0 Å². The second-order valence-electron chi connectivity index (χ2n) is 4.77. The van der Waals surface area contributed by atoms with Gasteiger partial charge in [-0.15, -0.1) is 0 Å². The summed E-state index contributed by atoms with van der Waals surface area (Å²) >= 11 is 0. The molecule has 2 rings (SSSR count). The molecular weight excluding hydrogens is 176 g/mol. The van der Waals surface area contributed by atoms with E-state index >= 15 is 0 Å². The summed E-state index contributed by atoms with van der Waals surface area (Å²) in [6.45, 7) is 3.53. The van der Waals surface area contributed by atoms with Crippen LogP contribution in [0.1, 0.15) is 32.1 Å². The monoisotopic (exact) mass is 198 g/mol. The molecule has 0 aromatic rings. The molecule has 3 N–H and O–H groups in total. The Kier molecular flexibility index (Phi) is 3.79. The number of hydrogen-bond donors (Lipinski definition) is 3. The summed E-state index contributed by atoms with van der Waals surface area (Å²) in [5.41, 5.74) is 0. The Balaban J connectivity index is 1.60. The molecule has 0 aromatic carbocycles. The summed E-state index contributed by atoms with van der Waals surface area (Å²) in [5.74, 6) is 0.835.